The Balaban J connectivity index is 2.25. The van der Waals surface area contributed by atoms with E-state index in [2.05, 4.69) is 15.4 Å². The zero-order valence-electron chi connectivity index (χ0n) is 13.4. The van der Waals surface area contributed by atoms with Crippen molar-refractivity contribution < 1.29 is 9.90 Å². The van der Waals surface area contributed by atoms with Gasteiger partial charge < -0.3 is 5.11 Å². The molecule has 1 aromatic heterocycles. The van der Waals surface area contributed by atoms with Gasteiger partial charge in [0.15, 0.2) is 0 Å². The fraction of sp³-hybridized carbons (Fsp3) is 0.438. The molecule has 0 aliphatic heterocycles. The standard InChI is InChI=1S/C16H22N4O2/c1-11(2)20(16(3,4)9-21)19-15(22)12-5-6-13-8-17-10-18-14(13)7-12/h5-8,10-11,21H,9H2,1-4H3,(H,19,22). The van der Waals surface area contributed by atoms with Crippen LogP contribution < -0.4 is 5.43 Å². The summed E-state index contributed by atoms with van der Waals surface area (Å²) >= 11 is 0. The number of fused-ring (bicyclic) bond motifs is 1. The summed E-state index contributed by atoms with van der Waals surface area (Å²) in [5.41, 5.74) is 3.57. The third-order valence-corrected chi connectivity index (χ3v) is 3.55. The number of hydrazine groups is 1. The van der Waals surface area contributed by atoms with Crippen molar-refractivity contribution in [3.63, 3.8) is 0 Å². The molecule has 2 rings (SSSR count). The molecule has 2 aromatic rings. The van der Waals surface area contributed by atoms with Gasteiger partial charge in [0.1, 0.15) is 6.33 Å². The van der Waals surface area contributed by atoms with Crippen molar-refractivity contribution >= 4 is 16.8 Å². The van der Waals surface area contributed by atoms with Crippen LogP contribution in [0.5, 0.6) is 0 Å². The molecule has 0 unspecified atom stereocenters. The highest BCUT2D eigenvalue weighted by Gasteiger charge is 2.30. The Labute approximate surface area is 130 Å². The maximum atomic E-state index is 12.5. The molecule has 1 aromatic carbocycles. The molecular formula is C16H22N4O2. The van der Waals surface area contributed by atoms with Crippen molar-refractivity contribution in [1.82, 2.24) is 20.4 Å². The fourth-order valence-electron chi connectivity index (χ4n) is 2.34. The van der Waals surface area contributed by atoms with Gasteiger partial charge >= 0.3 is 0 Å². The van der Waals surface area contributed by atoms with Gasteiger partial charge in [-0.1, -0.05) is 6.07 Å². The molecule has 0 spiro atoms. The molecule has 0 saturated heterocycles. The number of aliphatic hydroxyl groups is 1. The van der Waals surface area contributed by atoms with Gasteiger partial charge in [-0.3, -0.25) is 10.2 Å². The normalized spacial score (nSPS) is 12.1. The summed E-state index contributed by atoms with van der Waals surface area (Å²) in [6.45, 7) is 7.62. The van der Waals surface area contributed by atoms with Crippen LogP contribution in [0.4, 0.5) is 0 Å². The van der Waals surface area contributed by atoms with Gasteiger partial charge in [-0.2, -0.15) is 0 Å². The van der Waals surface area contributed by atoms with Crippen molar-refractivity contribution in [2.24, 2.45) is 0 Å². The number of carbonyl (C=O) groups is 1. The van der Waals surface area contributed by atoms with E-state index in [1.165, 1.54) is 6.33 Å². The van der Waals surface area contributed by atoms with E-state index in [1.807, 2.05) is 33.8 Å². The van der Waals surface area contributed by atoms with Crippen LogP contribution in [0.2, 0.25) is 0 Å². The molecule has 118 valence electrons. The van der Waals surface area contributed by atoms with Crippen molar-refractivity contribution in [3.8, 4) is 0 Å². The summed E-state index contributed by atoms with van der Waals surface area (Å²) in [7, 11) is 0. The predicted octanol–water partition coefficient (Wildman–Crippen LogP) is 1.76. The van der Waals surface area contributed by atoms with E-state index in [9.17, 15) is 9.90 Å². The van der Waals surface area contributed by atoms with E-state index >= 15 is 0 Å². The number of nitrogens with one attached hydrogen (secondary N) is 1. The number of aromatic nitrogens is 2. The van der Waals surface area contributed by atoms with Crippen molar-refractivity contribution in [3.05, 3.63) is 36.3 Å². The number of hydrogen-bond acceptors (Lipinski definition) is 5. The third kappa shape index (κ3) is 3.40. The van der Waals surface area contributed by atoms with Gasteiger partial charge in [0, 0.05) is 23.2 Å². The minimum atomic E-state index is -0.553. The molecule has 0 aliphatic carbocycles. The Morgan fingerprint density at radius 2 is 2.14 bits per heavy atom. The minimum absolute atomic E-state index is 0.0499. The summed E-state index contributed by atoms with van der Waals surface area (Å²) in [4.78, 5) is 20.6. The highest BCUT2D eigenvalue weighted by Crippen LogP contribution is 2.16. The summed E-state index contributed by atoms with van der Waals surface area (Å²) in [6.07, 6.45) is 3.17. The highest BCUT2D eigenvalue weighted by atomic mass is 16.3. The summed E-state index contributed by atoms with van der Waals surface area (Å²) < 4.78 is 0. The van der Waals surface area contributed by atoms with E-state index in [4.69, 9.17) is 0 Å². The summed E-state index contributed by atoms with van der Waals surface area (Å²) in [5, 5.41) is 12.2. The molecule has 0 saturated carbocycles. The Hall–Kier alpha value is -2.05. The predicted molar refractivity (Wildman–Crippen MR) is 85.1 cm³/mol. The zero-order chi connectivity index (χ0) is 16.3. The molecular weight excluding hydrogens is 280 g/mol. The van der Waals surface area contributed by atoms with E-state index in [0.717, 1.165) is 10.9 Å². The maximum absolute atomic E-state index is 12.5. The van der Waals surface area contributed by atoms with E-state index in [-0.39, 0.29) is 18.6 Å². The molecule has 0 aliphatic rings. The molecule has 22 heavy (non-hydrogen) atoms. The number of nitrogens with zero attached hydrogens (tertiary/aromatic N) is 3. The minimum Gasteiger partial charge on any atom is -0.394 e. The van der Waals surface area contributed by atoms with Crippen LogP contribution in [0, 0.1) is 0 Å². The molecule has 6 heteroatoms. The molecule has 1 amide bonds. The first-order valence-corrected chi connectivity index (χ1v) is 7.26. The van der Waals surface area contributed by atoms with Crippen LogP contribution in [-0.2, 0) is 0 Å². The van der Waals surface area contributed by atoms with Crippen molar-refractivity contribution in [1.29, 1.82) is 0 Å². The first-order valence-electron chi connectivity index (χ1n) is 7.26. The third-order valence-electron chi connectivity index (χ3n) is 3.55. The van der Waals surface area contributed by atoms with Gasteiger partial charge in [0.2, 0.25) is 0 Å². The Kier molecular flexibility index (Phi) is 4.73. The Bertz CT molecular complexity index is 670. The van der Waals surface area contributed by atoms with Gasteiger partial charge in [0.25, 0.3) is 5.91 Å². The average Bonchev–Trinajstić information content (AvgIpc) is 2.51. The second-order valence-corrected chi connectivity index (χ2v) is 6.17. The number of rotatable bonds is 5. The number of aliphatic hydroxyl groups excluding tert-OH is 1. The molecule has 0 atom stereocenters. The smallest absolute Gasteiger partial charge is 0.265 e. The molecule has 1 heterocycles. The lowest BCUT2D eigenvalue weighted by Gasteiger charge is -2.40. The van der Waals surface area contributed by atoms with E-state index in [1.54, 1.807) is 23.3 Å². The largest absolute Gasteiger partial charge is 0.394 e. The number of benzene rings is 1. The highest BCUT2D eigenvalue weighted by molar-refractivity contribution is 5.97. The van der Waals surface area contributed by atoms with Crippen molar-refractivity contribution in [2.45, 2.75) is 39.3 Å². The Morgan fingerprint density at radius 3 is 2.77 bits per heavy atom. The molecule has 2 N–H and O–H groups in total. The zero-order valence-corrected chi connectivity index (χ0v) is 13.4. The van der Waals surface area contributed by atoms with Crippen molar-refractivity contribution in [2.75, 3.05) is 6.61 Å². The number of hydrogen-bond donors (Lipinski definition) is 2. The molecule has 6 nitrogen and oxygen atoms in total. The van der Waals surface area contributed by atoms with Gasteiger partial charge in [-0.25, -0.2) is 15.0 Å². The first kappa shape index (κ1) is 16.3. The number of carbonyl (C=O) groups excluding carboxylic acids is 1. The second kappa shape index (κ2) is 6.37. The summed E-state index contributed by atoms with van der Waals surface area (Å²) in [6, 6.07) is 5.34. The topological polar surface area (TPSA) is 78.4 Å². The monoisotopic (exact) mass is 302 g/mol. The van der Waals surface area contributed by atoms with Crippen LogP contribution in [0.3, 0.4) is 0 Å². The quantitative estimate of drug-likeness (QED) is 0.823. The van der Waals surface area contributed by atoms with E-state index < -0.39 is 5.54 Å². The van der Waals surface area contributed by atoms with Gasteiger partial charge in [-0.05, 0) is 39.8 Å². The van der Waals surface area contributed by atoms with Gasteiger partial charge in [0.05, 0.1) is 17.7 Å². The van der Waals surface area contributed by atoms with E-state index in [0.29, 0.717) is 5.56 Å². The maximum Gasteiger partial charge on any atom is 0.265 e. The first-order chi connectivity index (χ1) is 10.3. The van der Waals surface area contributed by atoms with Crippen LogP contribution in [0.15, 0.2) is 30.7 Å². The SMILES string of the molecule is CC(C)N(NC(=O)c1ccc2cncnc2c1)C(C)(C)CO. The average molecular weight is 302 g/mol. The molecule has 0 fully saturated rings. The molecule has 0 radical (unpaired) electrons. The fourth-order valence-corrected chi connectivity index (χ4v) is 2.34. The van der Waals surface area contributed by atoms with Crippen LogP contribution in [0.25, 0.3) is 10.9 Å². The lowest BCUT2D eigenvalue weighted by atomic mass is 10.0. The molecule has 0 bridgehead atoms. The Morgan fingerprint density at radius 1 is 1.41 bits per heavy atom. The lowest BCUT2D eigenvalue weighted by molar-refractivity contribution is -0.00623. The van der Waals surface area contributed by atoms with Gasteiger partial charge in [-0.15, -0.1) is 0 Å². The second-order valence-electron chi connectivity index (χ2n) is 6.17. The van der Waals surface area contributed by atoms with Crippen LogP contribution in [-0.4, -0.2) is 44.2 Å². The van der Waals surface area contributed by atoms with Crippen LogP contribution in [0.1, 0.15) is 38.1 Å². The van der Waals surface area contributed by atoms with Crippen LogP contribution >= 0.6 is 0 Å². The number of amides is 1. The summed E-state index contributed by atoms with van der Waals surface area (Å²) in [5.74, 6) is -0.226. The lowest BCUT2D eigenvalue weighted by Crippen LogP contribution is -2.59.